The smallest absolute Gasteiger partial charge is 0.193 e. The molecule has 0 spiro atoms. The van der Waals surface area contributed by atoms with Gasteiger partial charge in [0.15, 0.2) is 5.96 Å². The molecule has 6 heteroatoms. The van der Waals surface area contributed by atoms with Crippen molar-refractivity contribution in [3.8, 4) is 17.2 Å². The van der Waals surface area contributed by atoms with Crippen molar-refractivity contribution in [2.24, 2.45) is 10.7 Å². The van der Waals surface area contributed by atoms with E-state index >= 15 is 0 Å². The Labute approximate surface area is 166 Å². The Morgan fingerprint density at radius 2 is 1.75 bits per heavy atom. The molecule has 0 atom stereocenters. The standard InChI is InChI=1S/C22H29N3O3/c1-26-16-13-20(27-2)18(21(14-16)28-3)11-12-24-22(23)25-19-10-6-8-15-7-4-5-9-17(15)19/h6,8,10,13-14H,4-5,7,9,11-12H2,1-3H3,(H3,23,24,25). The van der Waals surface area contributed by atoms with Crippen LogP contribution in [-0.2, 0) is 19.3 Å². The van der Waals surface area contributed by atoms with E-state index in [-0.39, 0.29) is 0 Å². The van der Waals surface area contributed by atoms with Crippen molar-refractivity contribution < 1.29 is 14.2 Å². The molecular formula is C22H29N3O3. The predicted octanol–water partition coefficient (Wildman–Crippen LogP) is 3.56. The van der Waals surface area contributed by atoms with Crippen molar-refractivity contribution in [1.82, 2.24) is 0 Å². The lowest BCUT2D eigenvalue weighted by Crippen LogP contribution is -2.24. The first-order chi connectivity index (χ1) is 13.7. The van der Waals surface area contributed by atoms with Crippen LogP contribution < -0.4 is 25.3 Å². The van der Waals surface area contributed by atoms with E-state index in [0.29, 0.717) is 24.7 Å². The van der Waals surface area contributed by atoms with Crippen LogP contribution >= 0.6 is 0 Å². The number of guanidine groups is 1. The van der Waals surface area contributed by atoms with Gasteiger partial charge in [-0.05, 0) is 49.3 Å². The van der Waals surface area contributed by atoms with Gasteiger partial charge in [-0.3, -0.25) is 4.99 Å². The molecule has 6 nitrogen and oxygen atoms in total. The molecule has 0 saturated heterocycles. The maximum atomic E-state index is 6.15. The summed E-state index contributed by atoms with van der Waals surface area (Å²) in [7, 11) is 4.89. The van der Waals surface area contributed by atoms with Crippen molar-refractivity contribution in [3.05, 3.63) is 47.0 Å². The summed E-state index contributed by atoms with van der Waals surface area (Å²) in [4.78, 5) is 4.50. The molecule has 2 aromatic carbocycles. The van der Waals surface area contributed by atoms with Gasteiger partial charge in [0, 0.05) is 29.9 Å². The van der Waals surface area contributed by atoms with Crippen molar-refractivity contribution in [1.29, 1.82) is 0 Å². The molecule has 0 heterocycles. The highest BCUT2D eigenvalue weighted by molar-refractivity contribution is 5.93. The van der Waals surface area contributed by atoms with Crippen LogP contribution in [0.3, 0.4) is 0 Å². The van der Waals surface area contributed by atoms with Gasteiger partial charge in [0.05, 0.1) is 21.3 Å². The normalized spacial score (nSPS) is 13.6. The van der Waals surface area contributed by atoms with Gasteiger partial charge in [-0.15, -0.1) is 0 Å². The molecule has 3 N–H and O–H groups in total. The highest BCUT2D eigenvalue weighted by Gasteiger charge is 2.14. The number of ether oxygens (including phenoxy) is 3. The van der Waals surface area contributed by atoms with Crippen LogP contribution in [0.15, 0.2) is 35.3 Å². The first kappa shape index (κ1) is 19.9. The van der Waals surface area contributed by atoms with Gasteiger partial charge in [-0.2, -0.15) is 0 Å². The lowest BCUT2D eigenvalue weighted by Gasteiger charge is -2.20. The Balaban J connectivity index is 1.70. The summed E-state index contributed by atoms with van der Waals surface area (Å²) >= 11 is 0. The number of fused-ring (bicyclic) bond motifs is 1. The van der Waals surface area contributed by atoms with E-state index in [4.69, 9.17) is 19.9 Å². The quantitative estimate of drug-likeness (QED) is 0.565. The Kier molecular flexibility index (Phi) is 6.63. The van der Waals surface area contributed by atoms with Crippen molar-refractivity contribution >= 4 is 11.6 Å². The maximum absolute atomic E-state index is 6.15. The van der Waals surface area contributed by atoms with Gasteiger partial charge in [0.1, 0.15) is 17.2 Å². The minimum absolute atomic E-state index is 0.422. The third kappa shape index (κ3) is 4.50. The van der Waals surface area contributed by atoms with Gasteiger partial charge < -0.3 is 25.3 Å². The summed E-state index contributed by atoms with van der Waals surface area (Å²) in [5.41, 5.74) is 10.9. The summed E-state index contributed by atoms with van der Waals surface area (Å²) in [6.45, 7) is 0.521. The largest absolute Gasteiger partial charge is 0.496 e. The maximum Gasteiger partial charge on any atom is 0.193 e. The van der Waals surface area contributed by atoms with E-state index in [1.165, 1.54) is 24.0 Å². The first-order valence-electron chi connectivity index (χ1n) is 9.63. The zero-order chi connectivity index (χ0) is 19.9. The van der Waals surface area contributed by atoms with Crippen LogP contribution in [0.2, 0.25) is 0 Å². The second-order valence-electron chi connectivity index (χ2n) is 6.80. The van der Waals surface area contributed by atoms with Gasteiger partial charge in [0.2, 0.25) is 0 Å². The number of aliphatic imine (C=N–C) groups is 1. The molecule has 1 aliphatic rings. The molecule has 28 heavy (non-hydrogen) atoms. The molecule has 0 unspecified atom stereocenters. The number of methoxy groups -OCH3 is 3. The molecule has 3 rings (SSSR count). The second-order valence-corrected chi connectivity index (χ2v) is 6.80. The highest BCUT2D eigenvalue weighted by Crippen LogP contribution is 2.34. The van der Waals surface area contributed by atoms with Crippen LogP contribution in [0, 0.1) is 0 Å². The molecule has 0 amide bonds. The zero-order valence-corrected chi connectivity index (χ0v) is 16.9. The van der Waals surface area contributed by atoms with Crippen LogP contribution in [0.25, 0.3) is 0 Å². The van der Waals surface area contributed by atoms with E-state index in [1.54, 1.807) is 21.3 Å². The fourth-order valence-electron chi connectivity index (χ4n) is 3.69. The number of hydrogen-bond donors (Lipinski definition) is 2. The SMILES string of the molecule is COc1cc(OC)c(CCN=C(N)Nc2cccc3c2CCCC3)c(OC)c1. The minimum atomic E-state index is 0.422. The summed E-state index contributed by atoms with van der Waals surface area (Å²) in [6, 6.07) is 10.0. The van der Waals surface area contributed by atoms with Crippen LogP contribution in [0.5, 0.6) is 17.2 Å². The summed E-state index contributed by atoms with van der Waals surface area (Å²) < 4.78 is 16.3. The van der Waals surface area contributed by atoms with Crippen LogP contribution in [0.4, 0.5) is 5.69 Å². The monoisotopic (exact) mass is 383 g/mol. The molecule has 0 fully saturated rings. The van der Waals surface area contributed by atoms with Gasteiger partial charge in [-0.1, -0.05) is 12.1 Å². The number of rotatable bonds is 7. The molecule has 150 valence electrons. The molecule has 0 aliphatic heterocycles. The molecule has 2 aromatic rings. The summed E-state index contributed by atoms with van der Waals surface area (Å²) in [5.74, 6) is 2.55. The van der Waals surface area contributed by atoms with Crippen molar-refractivity contribution in [2.75, 3.05) is 33.2 Å². The van der Waals surface area contributed by atoms with Crippen LogP contribution in [0.1, 0.15) is 29.5 Å². The predicted molar refractivity (Wildman–Crippen MR) is 113 cm³/mol. The van der Waals surface area contributed by atoms with Gasteiger partial charge in [0.25, 0.3) is 0 Å². The number of hydrogen-bond acceptors (Lipinski definition) is 4. The summed E-state index contributed by atoms with van der Waals surface area (Å²) in [5, 5.41) is 3.28. The number of anilines is 1. The highest BCUT2D eigenvalue weighted by atomic mass is 16.5. The Bertz CT molecular complexity index is 824. The zero-order valence-electron chi connectivity index (χ0n) is 16.9. The van der Waals surface area contributed by atoms with E-state index in [9.17, 15) is 0 Å². The number of aryl methyl sites for hydroxylation is 1. The van der Waals surface area contributed by atoms with Crippen molar-refractivity contribution in [3.63, 3.8) is 0 Å². The third-order valence-electron chi connectivity index (χ3n) is 5.12. The molecule has 1 aliphatic carbocycles. The molecule has 0 radical (unpaired) electrons. The third-order valence-corrected chi connectivity index (χ3v) is 5.12. The molecule has 0 saturated carbocycles. The minimum Gasteiger partial charge on any atom is -0.496 e. The van der Waals surface area contributed by atoms with E-state index < -0.39 is 0 Å². The number of nitrogens with one attached hydrogen (secondary N) is 1. The van der Waals surface area contributed by atoms with E-state index in [0.717, 1.165) is 35.6 Å². The lowest BCUT2D eigenvalue weighted by molar-refractivity contribution is 0.369. The Hall–Kier alpha value is -2.89. The summed E-state index contributed by atoms with van der Waals surface area (Å²) in [6.07, 6.45) is 5.35. The Morgan fingerprint density at radius 1 is 1.04 bits per heavy atom. The van der Waals surface area contributed by atoms with Crippen molar-refractivity contribution in [2.45, 2.75) is 32.1 Å². The van der Waals surface area contributed by atoms with E-state index in [1.807, 2.05) is 12.1 Å². The van der Waals surface area contributed by atoms with E-state index in [2.05, 4.69) is 28.5 Å². The lowest BCUT2D eigenvalue weighted by atomic mass is 9.90. The first-order valence-corrected chi connectivity index (χ1v) is 9.63. The molecular weight excluding hydrogens is 354 g/mol. The average Bonchev–Trinajstić information content (AvgIpc) is 2.73. The fraction of sp³-hybridized carbons (Fsp3) is 0.409. The molecule has 0 bridgehead atoms. The van der Waals surface area contributed by atoms with Crippen LogP contribution in [-0.4, -0.2) is 33.8 Å². The number of nitrogens with two attached hydrogens (primary N) is 1. The Morgan fingerprint density at radius 3 is 2.43 bits per heavy atom. The topological polar surface area (TPSA) is 78.1 Å². The second kappa shape index (κ2) is 9.35. The van der Waals surface area contributed by atoms with Gasteiger partial charge >= 0.3 is 0 Å². The number of nitrogens with zero attached hydrogens (tertiary/aromatic N) is 1. The molecule has 0 aromatic heterocycles. The fourth-order valence-corrected chi connectivity index (χ4v) is 3.69. The van der Waals surface area contributed by atoms with Gasteiger partial charge in [-0.25, -0.2) is 0 Å². The average molecular weight is 383 g/mol. The number of benzene rings is 2.